The molecule has 0 saturated carbocycles. The van der Waals surface area contributed by atoms with Crippen LogP contribution in [0.5, 0.6) is 5.75 Å². The number of pyridine rings is 1. The molecule has 0 saturated heterocycles. The highest BCUT2D eigenvalue weighted by atomic mass is 16.5. The molecule has 2 aromatic heterocycles. The lowest BCUT2D eigenvalue weighted by atomic mass is 10.1. The third-order valence-corrected chi connectivity index (χ3v) is 4.55. The first kappa shape index (κ1) is 17.1. The van der Waals surface area contributed by atoms with E-state index in [1.807, 2.05) is 30.5 Å². The third kappa shape index (κ3) is 4.08. The van der Waals surface area contributed by atoms with Crippen LogP contribution in [0.15, 0.2) is 73.1 Å². The predicted molar refractivity (Wildman–Crippen MR) is 108 cm³/mol. The Morgan fingerprint density at radius 1 is 1.19 bits per heavy atom. The van der Waals surface area contributed by atoms with Crippen molar-refractivity contribution in [3.05, 3.63) is 84.3 Å². The summed E-state index contributed by atoms with van der Waals surface area (Å²) >= 11 is 0. The lowest BCUT2D eigenvalue weighted by molar-refractivity contribution is 0.414. The highest BCUT2D eigenvalue weighted by Crippen LogP contribution is 2.25. The van der Waals surface area contributed by atoms with Crippen molar-refractivity contribution in [3.8, 4) is 11.6 Å². The lowest BCUT2D eigenvalue weighted by Gasteiger charge is -2.12. The Labute approximate surface area is 159 Å². The summed E-state index contributed by atoms with van der Waals surface area (Å²) in [5.74, 6) is 1.70. The van der Waals surface area contributed by atoms with Crippen molar-refractivity contribution in [2.45, 2.75) is 12.8 Å². The number of ether oxygens (including phenoxy) is 1. The average Bonchev–Trinajstić information content (AvgIpc) is 3.42. The number of methoxy groups -OCH3 is 1. The third-order valence-electron chi connectivity index (χ3n) is 4.55. The highest BCUT2D eigenvalue weighted by Gasteiger charge is 2.10. The summed E-state index contributed by atoms with van der Waals surface area (Å²) in [4.78, 5) is 4.78. The molecular formula is C22H22N4O. The number of hydrogen-bond donors (Lipinski definition) is 1. The number of allylic oxidation sites excluding steroid dienone is 4. The Morgan fingerprint density at radius 2 is 2.07 bits per heavy atom. The molecule has 4 rings (SSSR count). The Hall–Kier alpha value is -3.34. The van der Waals surface area contributed by atoms with Crippen molar-refractivity contribution in [1.29, 1.82) is 0 Å². The van der Waals surface area contributed by atoms with Gasteiger partial charge in [0.2, 0.25) is 0 Å². The van der Waals surface area contributed by atoms with Crippen molar-refractivity contribution in [3.63, 3.8) is 0 Å². The summed E-state index contributed by atoms with van der Waals surface area (Å²) in [6.07, 6.45) is 11.9. The summed E-state index contributed by atoms with van der Waals surface area (Å²) in [6, 6.07) is 14.2. The van der Waals surface area contributed by atoms with Crippen LogP contribution in [0.1, 0.15) is 17.7 Å². The first-order valence-corrected chi connectivity index (χ1v) is 9.07. The van der Waals surface area contributed by atoms with Crippen molar-refractivity contribution in [1.82, 2.24) is 14.8 Å². The fourth-order valence-corrected chi connectivity index (χ4v) is 3.08. The zero-order chi connectivity index (χ0) is 18.5. The van der Waals surface area contributed by atoms with Gasteiger partial charge in [0.15, 0.2) is 5.82 Å². The number of benzene rings is 1. The molecule has 5 nitrogen and oxygen atoms in total. The summed E-state index contributed by atoms with van der Waals surface area (Å²) in [5.41, 5.74) is 4.53. The second kappa shape index (κ2) is 7.91. The standard InChI is InChI=1S/C22H22N4O/c1-27-20-9-7-17(8-10-20)11-13-23-19-15-21(18-5-2-3-6-18)25-22(16-19)26-14-4-12-24-26/h2-5,7-10,12,14-16H,6,11,13H2,1H3,(H,23,25). The maximum atomic E-state index is 5.21. The summed E-state index contributed by atoms with van der Waals surface area (Å²) < 4.78 is 7.00. The van der Waals surface area contributed by atoms with Crippen molar-refractivity contribution in [2.75, 3.05) is 19.0 Å². The smallest absolute Gasteiger partial charge is 0.156 e. The molecule has 1 aliphatic rings. The number of hydrogen-bond acceptors (Lipinski definition) is 4. The number of rotatable bonds is 7. The van der Waals surface area contributed by atoms with Crippen molar-refractivity contribution < 1.29 is 4.74 Å². The molecule has 0 spiro atoms. The van der Waals surface area contributed by atoms with Crippen molar-refractivity contribution in [2.24, 2.45) is 0 Å². The fourth-order valence-electron chi connectivity index (χ4n) is 3.08. The Balaban J connectivity index is 1.50. The summed E-state index contributed by atoms with van der Waals surface area (Å²) in [7, 11) is 1.68. The van der Waals surface area contributed by atoms with E-state index < -0.39 is 0 Å². The van der Waals surface area contributed by atoms with Gasteiger partial charge in [0, 0.05) is 30.7 Å². The van der Waals surface area contributed by atoms with E-state index in [4.69, 9.17) is 9.72 Å². The van der Waals surface area contributed by atoms with Gasteiger partial charge in [-0.1, -0.05) is 30.4 Å². The van der Waals surface area contributed by atoms with E-state index in [2.05, 4.69) is 46.8 Å². The normalized spacial score (nSPS) is 12.9. The van der Waals surface area contributed by atoms with Crippen LogP contribution >= 0.6 is 0 Å². The molecule has 1 aromatic carbocycles. The second-order valence-corrected chi connectivity index (χ2v) is 6.40. The van der Waals surface area contributed by atoms with Crippen LogP contribution in [0.2, 0.25) is 0 Å². The highest BCUT2D eigenvalue weighted by molar-refractivity contribution is 5.71. The number of nitrogens with one attached hydrogen (secondary N) is 1. The van der Waals surface area contributed by atoms with Gasteiger partial charge >= 0.3 is 0 Å². The molecular weight excluding hydrogens is 336 g/mol. The molecule has 1 N–H and O–H groups in total. The molecule has 0 atom stereocenters. The Kier molecular flexibility index (Phi) is 5.01. The summed E-state index contributed by atoms with van der Waals surface area (Å²) in [5, 5.41) is 7.85. The molecule has 1 aliphatic carbocycles. The van der Waals surface area contributed by atoms with E-state index >= 15 is 0 Å². The van der Waals surface area contributed by atoms with Gasteiger partial charge in [-0.3, -0.25) is 0 Å². The van der Waals surface area contributed by atoms with Crippen LogP contribution < -0.4 is 10.1 Å². The number of aromatic nitrogens is 3. The fraction of sp³-hybridized carbons (Fsp3) is 0.182. The minimum Gasteiger partial charge on any atom is -0.497 e. The zero-order valence-electron chi connectivity index (χ0n) is 15.3. The van der Waals surface area contributed by atoms with Gasteiger partial charge in [0.25, 0.3) is 0 Å². The van der Waals surface area contributed by atoms with E-state index in [0.717, 1.165) is 42.3 Å². The minimum absolute atomic E-state index is 0.817. The number of anilines is 1. The first-order chi connectivity index (χ1) is 13.3. The van der Waals surface area contributed by atoms with E-state index in [0.29, 0.717) is 0 Å². The van der Waals surface area contributed by atoms with Gasteiger partial charge in [0.1, 0.15) is 5.75 Å². The van der Waals surface area contributed by atoms with Crippen LogP contribution in [0.3, 0.4) is 0 Å². The lowest BCUT2D eigenvalue weighted by Crippen LogP contribution is -2.08. The van der Waals surface area contributed by atoms with Crippen LogP contribution in [0.4, 0.5) is 5.69 Å². The van der Waals surface area contributed by atoms with Crippen LogP contribution in [-0.4, -0.2) is 28.4 Å². The molecule has 0 aliphatic heterocycles. The van der Waals surface area contributed by atoms with Gasteiger partial charge in [-0.25, -0.2) is 9.67 Å². The van der Waals surface area contributed by atoms with Crippen molar-refractivity contribution >= 4 is 11.3 Å². The van der Waals surface area contributed by atoms with E-state index in [1.165, 1.54) is 11.1 Å². The molecule has 0 fully saturated rings. The minimum atomic E-state index is 0.817. The Bertz CT molecular complexity index is 956. The molecule has 2 heterocycles. The molecule has 0 unspecified atom stereocenters. The van der Waals surface area contributed by atoms with Crippen LogP contribution in [0, 0.1) is 0 Å². The molecule has 0 radical (unpaired) electrons. The van der Waals surface area contributed by atoms with Gasteiger partial charge in [0.05, 0.1) is 12.8 Å². The van der Waals surface area contributed by atoms with Crippen LogP contribution in [0.25, 0.3) is 11.4 Å². The van der Waals surface area contributed by atoms with E-state index in [1.54, 1.807) is 18.0 Å². The van der Waals surface area contributed by atoms with Gasteiger partial charge in [-0.05, 0) is 48.2 Å². The Morgan fingerprint density at radius 3 is 2.78 bits per heavy atom. The topological polar surface area (TPSA) is 52.0 Å². The maximum Gasteiger partial charge on any atom is 0.156 e. The van der Waals surface area contributed by atoms with Gasteiger partial charge in [-0.2, -0.15) is 5.10 Å². The summed E-state index contributed by atoms with van der Waals surface area (Å²) in [6.45, 7) is 0.839. The second-order valence-electron chi connectivity index (χ2n) is 6.40. The molecule has 0 amide bonds. The first-order valence-electron chi connectivity index (χ1n) is 9.07. The monoisotopic (exact) mass is 358 g/mol. The predicted octanol–water partition coefficient (Wildman–Crippen LogP) is 4.27. The van der Waals surface area contributed by atoms with Gasteiger partial charge in [-0.15, -0.1) is 0 Å². The maximum absolute atomic E-state index is 5.21. The SMILES string of the molecule is COc1ccc(CCNc2cc(C3=CC=CC3)nc(-n3cccn3)c2)cc1. The molecule has 136 valence electrons. The molecule has 0 bridgehead atoms. The quantitative estimate of drug-likeness (QED) is 0.685. The molecule has 5 heteroatoms. The van der Waals surface area contributed by atoms with Crippen LogP contribution in [-0.2, 0) is 6.42 Å². The zero-order valence-corrected chi connectivity index (χ0v) is 15.3. The van der Waals surface area contributed by atoms with E-state index in [9.17, 15) is 0 Å². The molecule has 27 heavy (non-hydrogen) atoms. The van der Waals surface area contributed by atoms with Gasteiger partial charge < -0.3 is 10.1 Å². The largest absolute Gasteiger partial charge is 0.497 e. The van der Waals surface area contributed by atoms with E-state index in [-0.39, 0.29) is 0 Å². The molecule has 3 aromatic rings. The number of nitrogens with zero attached hydrogens (tertiary/aromatic N) is 3. The average molecular weight is 358 g/mol.